The summed E-state index contributed by atoms with van der Waals surface area (Å²) in [7, 11) is 0. The molecule has 0 rings (SSSR count). The Bertz CT molecular complexity index is 1700. The fourth-order valence-corrected chi connectivity index (χ4v) is 6.25. The normalized spacial score (nSPS) is 13.6. The minimum atomic E-state index is -0.847. The van der Waals surface area contributed by atoms with Crippen LogP contribution in [0.1, 0.15) is 175 Å². The van der Waals surface area contributed by atoms with Crippen molar-refractivity contribution in [1.82, 2.24) is 0 Å². The van der Waals surface area contributed by atoms with Gasteiger partial charge in [-0.05, 0) is 96.3 Å². The predicted octanol–water partition coefficient (Wildman–Crippen LogP) is 17.7. The third-order valence-corrected chi connectivity index (χ3v) is 10.2. The summed E-state index contributed by atoms with van der Waals surface area (Å²) in [6.45, 7) is 6.18. The maximum atomic E-state index is 12.8. The number of ether oxygens (including phenoxy) is 3. The van der Waals surface area contributed by atoms with Crippen molar-refractivity contribution in [3.8, 4) is 0 Å². The van der Waals surface area contributed by atoms with Crippen LogP contribution in [-0.2, 0) is 28.6 Å². The Labute approximate surface area is 421 Å². The molecular formula is C63H92O6. The first-order valence-corrected chi connectivity index (χ1v) is 26.4. The molecule has 69 heavy (non-hydrogen) atoms. The molecule has 0 aromatic heterocycles. The van der Waals surface area contributed by atoms with E-state index in [0.717, 1.165) is 96.3 Å². The van der Waals surface area contributed by atoms with Crippen molar-refractivity contribution < 1.29 is 28.6 Å². The predicted molar refractivity (Wildman–Crippen MR) is 297 cm³/mol. The van der Waals surface area contributed by atoms with E-state index in [1.54, 1.807) is 0 Å². The van der Waals surface area contributed by atoms with E-state index in [4.69, 9.17) is 14.2 Å². The standard InChI is InChI=1S/C63H92O6/c1-4-7-10-13-16-19-22-25-28-30-31-33-35-38-41-44-47-50-53-56-62(65)68-59-60(58-67-61(64)55-52-49-46-43-40-37-34-27-24-21-18-15-12-9-6-3)69-63(66)57-54-51-48-45-42-39-36-32-29-26-23-20-17-14-11-8-5-2/h7,9-10,12-13,15-22,24-31,33-36,38-39,41,45,48,60H,4-6,8,11,14,23,32,37,40,42-44,46-47,49-59H2,1-3H3/b10-7-,12-9-,16-13-,18-15-,20-17-,22-19-,24-21-,28-25-,29-26-,31-30+,34-27-,35-33-,39-36-,41-38-,48-45-. The molecule has 0 amide bonds. The number of hydrogen-bond donors (Lipinski definition) is 0. The van der Waals surface area contributed by atoms with E-state index in [1.165, 1.54) is 25.7 Å². The summed E-state index contributed by atoms with van der Waals surface area (Å²) in [6.07, 6.45) is 83.0. The Kier molecular flexibility index (Phi) is 50.7. The highest BCUT2D eigenvalue weighted by molar-refractivity contribution is 5.71. The Morgan fingerprint density at radius 2 is 0.638 bits per heavy atom. The summed E-state index contributed by atoms with van der Waals surface area (Å²) < 4.78 is 16.7. The van der Waals surface area contributed by atoms with Gasteiger partial charge in [0.05, 0.1) is 0 Å². The van der Waals surface area contributed by atoms with Crippen LogP contribution in [0.5, 0.6) is 0 Å². The molecule has 0 saturated carbocycles. The Morgan fingerprint density at radius 1 is 0.319 bits per heavy atom. The van der Waals surface area contributed by atoms with Crippen LogP contribution in [0.25, 0.3) is 0 Å². The monoisotopic (exact) mass is 945 g/mol. The summed E-state index contributed by atoms with van der Waals surface area (Å²) in [4.78, 5) is 38.1. The Hall–Kier alpha value is -5.49. The maximum Gasteiger partial charge on any atom is 0.306 e. The minimum Gasteiger partial charge on any atom is -0.462 e. The van der Waals surface area contributed by atoms with Gasteiger partial charge in [0.2, 0.25) is 0 Å². The third-order valence-electron chi connectivity index (χ3n) is 10.2. The van der Waals surface area contributed by atoms with Crippen LogP contribution >= 0.6 is 0 Å². The van der Waals surface area contributed by atoms with E-state index in [9.17, 15) is 14.4 Å². The molecule has 0 saturated heterocycles. The zero-order chi connectivity index (χ0) is 50.0. The first-order chi connectivity index (χ1) is 34.0. The average molecular weight is 945 g/mol. The molecule has 0 aromatic rings. The SMILES string of the molecule is CC\C=C/C=C\C=C/C=C\C=C\C=C/C=C\CCCCCC(=O)OCC(COC(=O)CCCCCCC\C=C/C=C\C=C/C=C\CC)OC(=O)CCC/C=C\C/C=C\C/C=C\C/C=C\CCCCC. The van der Waals surface area contributed by atoms with Crippen LogP contribution in [0, 0.1) is 0 Å². The molecule has 380 valence electrons. The zero-order valence-corrected chi connectivity index (χ0v) is 43.2. The lowest BCUT2D eigenvalue weighted by Gasteiger charge is -2.18. The summed E-state index contributed by atoms with van der Waals surface area (Å²) in [5.41, 5.74) is 0. The van der Waals surface area contributed by atoms with Crippen LogP contribution in [0.3, 0.4) is 0 Å². The summed E-state index contributed by atoms with van der Waals surface area (Å²) in [5.74, 6) is -1.08. The molecule has 0 fully saturated rings. The number of carbonyl (C=O) groups excluding carboxylic acids is 3. The molecule has 1 atom stereocenters. The van der Waals surface area contributed by atoms with E-state index in [1.807, 2.05) is 97.2 Å². The van der Waals surface area contributed by atoms with Gasteiger partial charge < -0.3 is 14.2 Å². The number of rotatable bonds is 44. The van der Waals surface area contributed by atoms with E-state index in [2.05, 4.69) is 106 Å². The summed E-state index contributed by atoms with van der Waals surface area (Å²) in [6, 6.07) is 0. The van der Waals surface area contributed by atoms with Crippen molar-refractivity contribution >= 4 is 17.9 Å². The second-order valence-corrected chi connectivity index (χ2v) is 16.6. The number of esters is 3. The molecule has 0 radical (unpaired) electrons. The first-order valence-electron chi connectivity index (χ1n) is 26.4. The first kappa shape index (κ1) is 63.5. The third kappa shape index (κ3) is 53.3. The molecule has 0 bridgehead atoms. The van der Waals surface area contributed by atoms with Gasteiger partial charge >= 0.3 is 17.9 Å². The van der Waals surface area contributed by atoms with Gasteiger partial charge in [-0.1, -0.05) is 242 Å². The van der Waals surface area contributed by atoms with E-state index < -0.39 is 12.1 Å². The van der Waals surface area contributed by atoms with Crippen molar-refractivity contribution in [2.45, 2.75) is 181 Å². The zero-order valence-electron chi connectivity index (χ0n) is 43.2. The molecular weight excluding hydrogens is 853 g/mol. The fraction of sp³-hybridized carbons (Fsp3) is 0.476. The summed E-state index contributed by atoms with van der Waals surface area (Å²) >= 11 is 0. The quantitative estimate of drug-likeness (QED) is 0.0199. The van der Waals surface area contributed by atoms with Crippen LogP contribution in [-0.4, -0.2) is 37.2 Å². The average Bonchev–Trinajstić information content (AvgIpc) is 3.35. The van der Waals surface area contributed by atoms with E-state index in [-0.39, 0.29) is 38.0 Å². The van der Waals surface area contributed by atoms with Crippen LogP contribution < -0.4 is 0 Å². The lowest BCUT2D eigenvalue weighted by Crippen LogP contribution is -2.30. The minimum absolute atomic E-state index is 0.138. The Balaban J connectivity index is 4.68. The highest BCUT2D eigenvalue weighted by atomic mass is 16.6. The summed E-state index contributed by atoms with van der Waals surface area (Å²) in [5, 5.41) is 0. The lowest BCUT2D eigenvalue weighted by atomic mass is 10.1. The second kappa shape index (κ2) is 55.1. The van der Waals surface area contributed by atoms with Gasteiger partial charge in [-0.25, -0.2) is 0 Å². The highest BCUT2D eigenvalue weighted by Gasteiger charge is 2.19. The molecule has 6 nitrogen and oxygen atoms in total. The van der Waals surface area contributed by atoms with Gasteiger partial charge in [0, 0.05) is 19.3 Å². The van der Waals surface area contributed by atoms with Crippen LogP contribution in [0.4, 0.5) is 0 Å². The van der Waals surface area contributed by atoms with Gasteiger partial charge in [-0.3, -0.25) is 14.4 Å². The van der Waals surface area contributed by atoms with Crippen molar-refractivity contribution in [3.63, 3.8) is 0 Å². The smallest absolute Gasteiger partial charge is 0.306 e. The molecule has 0 aliphatic carbocycles. The molecule has 0 aromatic carbocycles. The van der Waals surface area contributed by atoms with Crippen LogP contribution in [0.15, 0.2) is 182 Å². The number of carbonyl (C=O) groups is 3. The van der Waals surface area contributed by atoms with Crippen molar-refractivity contribution in [1.29, 1.82) is 0 Å². The van der Waals surface area contributed by atoms with E-state index in [0.29, 0.717) is 19.3 Å². The molecule has 0 heterocycles. The lowest BCUT2D eigenvalue weighted by molar-refractivity contribution is -0.167. The molecule has 0 N–H and O–H groups in total. The molecule has 0 spiro atoms. The van der Waals surface area contributed by atoms with Gasteiger partial charge in [0.25, 0.3) is 0 Å². The van der Waals surface area contributed by atoms with Gasteiger partial charge in [0.15, 0.2) is 6.10 Å². The molecule has 0 aliphatic heterocycles. The number of unbranched alkanes of at least 4 members (excludes halogenated alkanes) is 12. The number of hydrogen-bond acceptors (Lipinski definition) is 6. The molecule has 0 aliphatic rings. The number of allylic oxidation sites excluding steroid dienone is 30. The largest absolute Gasteiger partial charge is 0.462 e. The highest BCUT2D eigenvalue weighted by Crippen LogP contribution is 2.11. The molecule has 1 unspecified atom stereocenters. The fourth-order valence-electron chi connectivity index (χ4n) is 6.25. The topological polar surface area (TPSA) is 78.9 Å². The van der Waals surface area contributed by atoms with Crippen molar-refractivity contribution in [2.24, 2.45) is 0 Å². The van der Waals surface area contributed by atoms with Crippen LogP contribution in [0.2, 0.25) is 0 Å². The Morgan fingerprint density at radius 3 is 1.07 bits per heavy atom. The van der Waals surface area contributed by atoms with Gasteiger partial charge in [-0.2, -0.15) is 0 Å². The molecule has 6 heteroatoms. The van der Waals surface area contributed by atoms with E-state index >= 15 is 0 Å². The second-order valence-electron chi connectivity index (χ2n) is 16.6. The van der Waals surface area contributed by atoms with Crippen molar-refractivity contribution in [2.75, 3.05) is 13.2 Å². The maximum absolute atomic E-state index is 12.8. The van der Waals surface area contributed by atoms with Gasteiger partial charge in [0.1, 0.15) is 13.2 Å². The van der Waals surface area contributed by atoms with Gasteiger partial charge in [-0.15, -0.1) is 0 Å². The van der Waals surface area contributed by atoms with Crippen molar-refractivity contribution in [3.05, 3.63) is 182 Å².